The highest BCUT2D eigenvalue weighted by atomic mass is 16.3. The topological polar surface area (TPSA) is 38.1 Å². The lowest BCUT2D eigenvalue weighted by Crippen LogP contribution is -2.13. The van der Waals surface area contributed by atoms with Gasteiger partial charge in [0.15, 0.2) is 6.39 Å². The van der Waals surface area contributed by atoms with Crippen molar-refractivity contribution in [1.29, 1.82) is 0 Å². The van der Waals surface area contributed by atoms with E-state index in [1.54, 1.807) is 0 Å². The molecule has 1 rings (SSSR count). The summed E-state index contributed by atoms with van der Waals surface area (Å²) in [6, 6.07) is 0. The van der Waals surface area contributed by atoms with E-state index in [0.29, 0.717) is 0 Å². The van der Waals surface area contributed by atoms with Gasteiger partial charge < -0.3 is 9.73 Å². The zero-order valence-corrected chi connectivity index (χ0v) is 7.05. The minimum atomic E-state index is 0.791. The molecule has 3 nitrogen and oxygen atoms in total. The molecular formula is C8H14N2O. The monoisotopic (exact) mass is 154 g/mol. The molecule has 62 valence electrons. The van der Waals surface area contributed by atoms with Crippen LogP contribution in [0.1, 0.15) is 24.8 Å². The van der Waals surface area contributed by atoms with Crippen LogP contribution in [0.2, 0.25) is 0 Å². The smallest absolute Gasteiger partial charge is 0.181 e. The Kier molecular flexibility index (Phi) is 3.11. The Morgan fingerprint density at radius 3 is 3.00 bits per heavy atom. The maximum atomic E-state index is 5.14. The summed E-state index contributed by atoms with van der Waals surface area (Å²) in [6.45, 7) is 5.91. The zero-order chi connectivity index (χ0) is 8.10. The molecule has 1 aromatic heterocycles. The number of nitrogens with zero attached hydrogens (tertiary/aromatic N) is 1. The molecule has 0 aliphatic carbocycles. The molecular weight excluding hydrogens is 140 g/mol. The minimum absolute atomic E-state index is 0.791. The highest BCUT2D eigenvalue weighted by Crippen LogP contribution is 2.03. The Bertz CT molecular complexity index is 208. The van der Waals surface area contributed by atoms with Crippen LogP contribution in [0.3, 0.4) is 0 Å². The van der Waals surface area contributed by atoms with E-state index < -0.39 is 0 Å². The lowest BCUT2D eigenvalue weighted by molar-refractivity contribution is 0.477. The number of nitrogens with one attached hydrogen (secondary N) is 1. The van der Waals surface area contributed by atoms with Crippen molar-refractivity contribution < 1.29 is 4.42 Å². The van der Waals surface area contributed by atoms with E-state index in [4.69, 9.17) is 4.42 Å². The Labute approximate surface area is 66.8 Å². The first-order valence-electron chi connectivity index (χ1n) is 3.94. The third-order valence-electron chi connectivity index (χ3n) is 1.56. The van der Waals surface area contributed by atoms with Crippen molar-refractivity contribution >= 4 is 0 Å². The van der Waals surface area contributed by atoms with Gasteiger partial charge in [-0.1, -0.05) is 6.92 Å². The maximum Gasteiger partial charge on any atom is 0.181 e. The van der Waals surface area contributed by atoms with Crippen LogP contribution in [0.25, 0.3) is 0 Å². The van der Waals surface area contributed by atoms with Crippen LogP contribution >= 0.6 is 0 Å². The molecule has 0 radical (unpaired) electrons. The third-order valence-corrected chi connectivity index (χ3v) is 1.56. The average Bonchev–Trinajstić information content (AvgIpc) is 2.37. The van der Waals surface area contributed by atoms with Gasteiger partial charge in [0, 0.05) is 0 Å². The lowest BCUT2D eigenvalue weighted by Gasteiger charge is -1.98. The fourth-order valence-corrected chi connectivity index (χ4v) is 0.875. The van der Waals surface area contributed by atoms with Crippen LogP contribution in [0, 0.1) is 6.92 Å². The van der Waals surface area contributed by atoms with E-state index in [1.807, 2.05) is 6.92 Å². The van der Waals surface area contributed by atoms with Gasteiger partial charge >= 0.3 is 0 Å². The highest BCUT2D eigenvalue weighted by molar-refractivity contribution is 5.03. The number of hydrogen-bond acceptors (Lipinski definition) is 3. The van der Waals surface area contributed by atoms with E-state index in [0.717, 1.165) is 31.0 Å². The molecule has 0 aliphatic heterocycles. The van der Waals surface area contributed by atoms with Crippen molar-refractivity contribution in [2.75, 3.05) is 6.54 Å². The van der Waals surface area contributed by atoms with Crippen molar-refractivity contribution in [3.05, 3.63) is 17.8 Å². The SMILES string of the molecule is CCCNCc1ocnc1C. The van der Waals surface area contributed by atoms with Gasteiger partial charge in [-0.15, -0.1) is 0 Å². The number of rotatable bonds is 4. The molecule has 11 heavy (non-hydrogen) atoms. The molecule has 0 spiro atoms. The van der Waals surface area contributed by atoms with E-state index in [1.165, 1.54) is 6.39 Å². The summed E-state index contributed by atoms with van der Waals surface area (Å²) in [6.07, 6.45) is 2.63. The van der Waals surface area contributed by atoms with Crippen LogP contribution in [-0.2, 0) is 6.54 Å². The summed E-state index contributed by atoms with van der Waals surface area (Å²) in [7, 11) is 0. The quantitative estimate of drug-likeness (QED) is 0.667. The van der Waals surface area contributed by atoms with Crippen molar-refractivity contribution in [3.8, 4) is 0 Å². The van der Waals surface area contributed by atoms with Gasteiger partial charge in [0.05, 0.1) is 12.2 Å². The van der Waals surface area contributed by atoms with Gasteiger partial charge in [0.1, 0.15) is 5.76 Å². The van der Waals surface area contributed by atoms with E-state index in [-0.39, 0.29) is 0 Å². The van der Waals surface area contributed by atoms with Crippen LogP contribution < -0.4 is 5.32 Å². The summed E-state index contributed by atoms with van der Waals surface area (Å²) >= 11 is 0. The van der Waals surface area contributed by atoms with Crippen molar-refractivity contribution in [1.82, 2.24) is 10.3 Å². The zero-order valence-electron chi connectivity index (χ0n) is 7.05. The average molecular weight is 154 g/mol. The molecule has 1 aromatic rings. The summed E-state index contributed by atoms with van der Waals surface area (Å²) in [5, 5.41) is 3.24. The predicted octanol–water partition coefficient (Wildman–Crippen LogP) is 1.48. The van der Waals surface area contributed by atoms with Crippen LogP contribution in [0.15, 0.2) is 10.8 Å². The van der Waals surface area contributed by atoms with E-state index >= 15 is 0 Å². The predicted molar refractivity (Wildman–Crippen MR) is 43.2 cm³/mol. The fourth-order valence-electron chi connectivity index (χ4n) is 0.875. The van der Waals surface area contributed by atoms with Crippen LogP contribution in [0.4, 0.5) is 0 Å². The van der Waals surface area contributed by atoms with Gasteiger partial charge in [-0.3, -0.25) is 0 Å². The standard InChI is InChI=1S/C8H14N2O/c1-3-4-9-5-8-7(2)10-6-11-8/h6,9H,3-5H2,1-2H3. The summed E-state index contributed by atoms with van der Waals surface area (Å²) in [5.74, 6) is 0.943. The van der Waals surface area contributed by atoms with Crippen LogP contribution in [0.5, 0.6) is 0 Å². The second-order valence-corrected chi connectivity index (χ2v) is 2.54. The van der Waals surface area contributed by atoms with Crippen LogP contribution in [-0.4, -0.2) is 11.5 Å². The van der Waals surface area contributed by atoms with Gasteiger partial charge in [-0.25, -0.2) is 4.98 Å². The minimum Gasteiger partial charge on any atom is -0.447 e. The maximum absolute atomic E-state index is 5.14. The molecule has 0 unspecified atom stereocenters. The fraction of sp³-hybridized carbons (Fsp3) is 0.625. The first-order chi connectivity index (χ1) is 5.34. The van der Waals surface area contributed by atoms with E-state index in [9.17, 15) is 0 Å². The number of aryl methyl sites for hydroxylation is 1. The molecule has 0 aromatic carbocycles. The molecule has 0 amide bonds. The molecule has 0 atom stereocenters. The first-order valence-corrected chi connectivity index (χ1v) is 3.94. The molecule has 0 saturated heterocycles. The molecule has 0 bridgehead atoms. The molecule has 1 N–H and O–H groups in total. The Morgan fingerprint density at radius 2 is 2.45 bits per heavy atom. The van der Waals surface area contributed by atoms with Gasteiger partial charge in [-0.2, -0.15) is 0 Å². The molecule has 1 heterocycles. The van der Waals surface area contributed by atoms with Gasteiger partial charge in [0.2, 0.25) is 0 Å². The number of oxazole rings is 1. The van der Waals surface area contributed by atoms with Gasteiger partial charge in [-0.05, 0) is 19.9 Å². The molecule has 0 aliphatic rings. The normalized spacial score (nSPS) is 10.4. The Balaban J connectivity index is 2.32. The second kappa shape index (κ2) is 4.13. The third kappa shape index (κ3) is 2.35. The van der Waals surface area contributed by atoms with Crippen molar-refractivity contribution in [3.63, 3.8) is 0 Å². The van der Waals surface area contributed by atoms with Crippen molar-refractivity contribution in [2.24, 2.45) is 0 Å². The Morgan fingerprint density at radius 1 is 1.64 bits per heavy atom. The summed E-state index contributed by atoms with van der Waals surface area (Å²) in [5.41, 5.74) is 0.980. The van der Waals surface area contributed by atoms with Crippen molar-refractivity contribution in [2.45, 2.75) is 26.8 Å². The highest BCUT2D eigenvalue weighted by Gasteiger charge is 2.00. The lowest BCUT2D eigenvalue weighted by atomic mass is 10.3. The number of hydrogen-bond donors (Lipinski definition) is 1. The second-order valence-electron chi connectivity index (χ2n) is 2.54. The first kappa shape index (κ1) is 8.27. The number of aromatic nitrogens is 1. The Hall–Kier alpha value is -0.830. The summed E-state index contributed by atoms with van der Waals surface area (Å²) < 4.78 is 5.14. The molecule has 3 heteroatoms. The molecule has 0 fully saturated rings. The van der Waals surface area contributed by atoms with E-state index in [2.05, 4.69) is 17.2 Å². The largest absolute Gasteiger partial charge is 0.447 e. The summed E-state index contributed by atoms with van der Waals surface area (Å²) in [4.78, 5) is 3.99. The molecule has 0 saturated carbocycles. The van der Waals surface area contributed by atoms with Gasteiger partial charge in [0.25, 0.3) is 0 Å².